The molecule has 1 fully saturated rings. The van der Waals surface area contributed by atoms with Crippen molar-refractivity contribution in [2.24, 2.45) is 5.92 Å². The Morgan fingerprint density at radius 1 is 1.03 bits per heavy atom. The molecule has 3 N–H and O–H groups in total. The normalized spacial score (nSPS) is 25.8. The Bertz CT molecular complexity index is 1150. The van der Waals surface area contributed by atoms with Crippen molar-refractivity contribution in [3.05, 3.63) is 44.8 Å². The number of hydrogen-bond donors (Lipinski definition) is 3. The summed E-state index contributed by atoms with van der Waals surface area (Å²) in [5, 5.41) is 13.5. The highest BCUT2D eigenvalue weighted by atomic mass is 32.2. The first kappa shape index (κ1) is 19.8. The molecule has 2 bridgehead atoms. The number of sulfonamides is 1. The number of aliphatic hydroxyl groups is 1. The molecule has 2 amide bonds. The molecule has 6 nitrogen and oxygen atoms in total. The van der Waals surface area contributed by atoms with Crippen molar-refractivity contribution in [2.75, 3.05) is 5.32 Å². The minimum Gasteiger partial charge on any atom is -0.388 e. The molecule has 1 aromatic carbocycles. The molecule has 4 aliphatic carbocycles. The first-order valence-corrected chi connectivity index (χ1v) is 13.5. The molecule has 3 atom stereocenters. The zero-order valence-electron chi connectivity index (χ0n) is 17.2. The molecule has 2 aromatic rings. The van der Waals surface area contributed by atoms with Gasteiger partial charge in [-0.05, 0) is 104 Å². The van der Waals surface area contributed by atoms with E-state index in [0.717, 1.165) is 73.9 Å². The number of urea groups is 1. The Kier molecular flexibility index (Phi) is 4.49. The monoisotopic (exact) mass is 458 g/mol. The van der Waals surface area contributed by atoms with E-state index in [2.05, 4.69) is 16.1 Å². The summed E-state index contributed by atoms with van der Waals surface area (Å²) in [6.45, 7) is 0. The quantitative estimate of drug-likeness (QED) is 0.643. The van der Waals surface area contributed by atoms with Crippen LogP contribution in [0.4, 0.5) is 10.5 Å². The van der Waals surface area contributed by atoms with Crippen LogP contribution in [0.25, 0.3) is 0 Å². The predicted octanol–water partition coefficient (Wildman–Crippen LogP) is 4.17. The predicted molar refractivity (Wildman–Crippen MR) is 119 cm³/mol. The van der Waals surface area contributed by atoms with Crippen LogP contribution >= 0.6 is 11.3 Å². The summed E-state index contributed by atoms with van der Waals surface area (Å²) < 4.78 is 28.3. The van der Waals surface area contributed by atoms with Gasteiger partial charge in [0.05, 0.1) is 6.10 Å². The lowest BCUT2D eigenvalue weighted by molar-refractivity contribution is 0.105. The molecule has 6 rings (SSSR count). The number of benzene rings is 1. The van der Waals surface area contributed by atoms with E-state index in [1.807, 2.05) is 0 Å². The number of aryl methyl sites for hydroxylation is 2. The van der Waals surface area contributed by atoms with Gasteiger partial charge in [0.15, 0.2) is 0 Å². The van der Waals surface area contributed by atoms with Crippen LogP contribution in [0.1, 0.15) is 76.8 Å². The lowest BCUT2D eigenvalue weighted by Gasteiger charge is -2.24. The number of carbonyl (C=O) groups is 1. The van der Waals surface area contributed by atoms with Crippen molar-refractivity contribution in [1.29, 1.82) is 0 Å². The average Bonchev–Trinajstić information content (AvgIpc) is 3.50. The van der Waals surface area contributed by atoms with Gasteiger partial charge in [-0.15, -0.1) is 11.3 Å². The Morgan fingerprint density at radius 3 is 2.45 bits per heavy atom. The standard InChI is InChI=1S/C23H26N2O4S2/c26-21-14-7-8-15(10-14)22-18(21)11-19(30-22)31(28,29)25-23(27)24-20-16-5-1-3-12(16)9-13-4-2-6-17(13)20/h9,11,14-15,21,26H,1-8,10H2,(H2,24,25,27). The van der Waals surface area contributed by atoms with Gasteiger partial charge in [-0.3, -0.25) is 0 Å². The minimum atomic E-state index is -4.00. The fourth-order valence-corrected chi connectivity index (χ4v) is 8.74. The molecule has 1 aromatic heterocycles. The number of nitrogens with one attached hydrogen (secondary N) is 2. The van der Waals surface area contributed by atoms with E-state index < -0.39 is 22.2 Å². The number of anilines is 1. The van der Waals surface area contributed by atoms with Crippen molar-refractivity contribution in [2.45, 2.75) is 74.0 Å². The van der Waals surface area contributed by atoms with Crippen molar-refractivity contribution in [3.63, 3.8) is 0 Å². The number of hydrogen-bond acceptors (Lipinski definition) is 5. The molecular weight excluding hydrogens is 432 g/mol. The number of amides is 2. The summed E-state index contributed by atoms with van der Waals surface area (Å²) in [5.74, 6) is 0.557. The molecule has 8 heteroatoms. The maximum absolute atomic E-state index is 13.0. The van der Waals surface area contributed by atoms with E-state index in [-0.39, 0.29) is 10.1 Å². The molecular formula is C23H26N2O4S2. The largest absolute Gasteiger partial charge is 0.388 e. The SMILES string of the molecule is O=C(Nc1c2c(cc3c1CCC3)CCC2)NS(=O)(=O)c1cc2c(s1)C1CCC(C1)C2O. The molecule has 1 saturated carbocycles. The van der Waals surface area contributed by atoms with Crippen LogP contribution in [0.15, 0.2) is 16.3 Å². The smallest absolute Gasteiger partial charge is 0.333 e. The number of aliphatic hydroxyl groups excluding tert-OH is 1. The molecule has 164 valence electrons. The molecule has 31 heavy (non-hydrogen) atoms. The maximum Gasteiger partial charge on any atom is 0.333 e. The number of carbonyl (C=O) groups excluding carboxylic acids is 1. The number of rotatable bonds is 3. The summed E-state index contributed by atoms with van der Waals surface area (Å²) in [6, 6.07) is 3.14. The van der Waals surface area contributed by atoms with Gasteiger partial charge in [0.1, 0.15) is 4.21 Å². The fourth-order valence-electron chi connectivity index (χ4n) is 6.15. The summed E-state index contributed by atoms with van der Waals surface area (Å²) >= 11 is 1.20. The lowest BCUT2D eigenvalue weighted by Crippen LogP contribution is -2.34. The molecule has 4 aliphatic rings. The van der Waals surface area contributed by atoms with Gasteiger partial charge in [0, 0.05) is 10.6 Å². The van der Waals surface area contributed by atoms with E-state index in [1.54, 1.807) is 6.07 Å². The Labute approximate surface area is 186 Å². The Balaban J connectivity index is 1.26. The highest BCUT2D eigenvalue weighted by Gasteiger charge is 2.41. The third-order valence-corrected chi connectivity index (χ3v) is 10.7. The Morgan fingerprint density at radius 2 is 1.74 bits per heavy atom. The summed E-state index contributed by atoms with van der Waals surface area (Å²) in [5.41, 5.74) is 6.47. The van der Waals surface area contributed by atoms with E-state index in [1.165, 1.54) is 33.6 Å². The molecule has 0 aliphatic heterocycles. The molecule has 3 unspecified atom stereocenters. The van der Waals surface area contributed by atoms with Gasteiger partial charge in [-0.2, -0.15) is 0 Å². The second-order valence-corrected chi connectivity index (χ2v) is 12.4. The molecule has 0 spiro atoms. The average molecular weight is 459 g/mol. The third-order valence-electron chi connectivity index (χ3n) is 7.58. The zero-order valence-corrected chi connectivity index (χ0v) is 18.9. The van der Waals surface area contributed by atoms with Crippen LogP contribution < -0.4 is 10.0 Å². The van der Waals surface area contributed by atoms with E-state index in [0.29, 0.717) is 5.92 Å². The first-order chi connectivity index (χ1) is 14.9. The summed E-state index contributed by atoms with van der Waals surface area (Å²) in [4.78, 5) is 13.8. The zero-order chi connectivity index (χ0) is 21.3. The van der Waals surface area contributed by atoms with Crippen LogP contribution in [0.2, 0.25) is 0 Å². The lowest BCUT2D eigenvalue weighted by atomic mass is 9.86. The highest BCUT2D eigenvalue weighted by Crippen LogP contribution is 2.54. The van der Waals surface area contributed by atoms with Gasteiger partial charge >= 0.3 is 6.03 Å². The van der Waals surface area contributed by atoms with E-state index in [9.17, 15) is 18.3 Å². The van der Waals surface area contributed by atoms with Crippen molar-refractivity contribution in [1.82, 2.24) is 4.72 Å². The number of thiophene rings is 1. The van der Waals surface area contributed by atoms with Gasteiger partial charge in [-0.25, -0.2) is 17.9 Å². The summed E-state index contributed by atoms with van der Waals surface area (Å²) in [6.07, 6.45) is 8.31. The van der Waals surface area contributed by atoms with E-state index in [4.69, 9.17) is 0 Å². The van der Waals surface area contributed by atoms with Crippen LogP contribution in [0.3, 0.4) is 0 Å². The Hall–Kier alpha value is -1.90. The minimum absolute atomic E-state index is 0.114. The molecule has 0 saturated heterocycles. The van der Waals surface area contributed by atoms with Crippen molar-refractivity contribution < 1.29 is 18.3 Å². The van der Waals surface area contributed by atoms with E-state index >= 15 is 0 Å². The van der Waals surface area contributed by atoms with Crippen LogP contribution in [-0.2, 0) is 35.7 Å². The van der Waals surface area contributed by atoms with Crippen LogP contribution in [0, 0.1) is 5.92 Å². The second kappa shape index (κ2) is 7.05. The third kappa shape index (κ3) is 3.14. The first-order valence-electron chi connectivity index (χ1n) is 11.2. The number of fused-ring (bicyclic) bond motifs is 6. The topological polar surface area (TPSA) is 95.5 Å². The van der Waals surface area contributed by atoms with Gasteiger partial charge in [-0.1, -0.05) is 6.07 Å². The van der Waals surface area contributed by atoms with Gasteiger partial charge in [0.25, 0.3) is 10.0 Å². The summed E-state index contributed by atoms with van der Waals surface area (Å²) in [7, 11) is -4.00. The second-order valence-electron chi connectivity index (χ2n) is 9.39. The van der Waals surface area contributed by atoms with Crippen LogP contribution in [0.5, 0.6) is 0 Å². The van der Waals surface area contributed by atoms with Crippen molar-refractivity contribution in [3.8, 4) is 0 Å². The van der Waals surface area contributed by atoms with Gasteiger partial charge in [0.2, 0.25) is 0 Å². The molecule has 0 radical (unpaired) electrons. The maximum atomic E-state index is 13.0. The van der Waals surface area contributed by atoms with Gasteiger partial charge < -0.3 is 10.4 Å². The van der Waals surface area contributed by atoms with Crippen LogP contribution in [-0.4, -0.2) is 19.6 Å². The highest BCUT2D eigenvalue weighted by molar-refractivity contribution is 7.92. The van der Waals surface area contributed by atoms with Crippen molar-refractivity contribution >= 4 is 33.1 Å². The fraction of sp³-hybridized carbons (Fsp3) is 0.522. The molecule has 1 heterocycles.